The van der Waals surface area contributed by atoms with Gasteiger partial charge in [-0.05, 0) is 6.07 Å². The molecule has 0 aliphatic heterocycles. The van der Waals surface area contributed by atoms with Crippen molar-refractivity contribution in [1.29, 1.82) is 0 Å². The van der Waals surface area contributed by atoms with E-state index >= 15 is 0 Å². The van der Waals surface area contributed by atoms with Crippen molar-refractivity contribution in [2.45, 2.75) is 6.54 Å². The molecular formula is C12H13N5S. The van der Waals surface area contributed by atoms with Crippen molar-refractivity contribution in [3.8, 4) is 0 Å². The fourth-order valence-electron chi connectivity index (χ4n) is 1.93. The number of anilines is 2. The second kappa shape index (κ2) is 4.30. The molecule has 0 amide bonds. The summed E-state index contributed by atoms with van der Waals surface area (Å²) in [5.41, 5.74) is 8.59. The number of nitrogen functional groups attached to an aromatic ring is 1. The summed E-state index contributed by atoms with van der Waals surface area (Å²) in [5, 5.41) is 2.02. The van der Waals surface area contributed by atoms with Crippen LogP contribution in [0.1, 0.15) is 5.69 Å². The normalized spacial score (nSPS) is 10.9. The van der Waals surface area contributed by atoms with Crippen molar-refractivity contribution < 1.29 is 0 Å². The molecule has 0 aliphatic carbocycles. The monoisotopic (exact) mass is 259 g/mol. The molecule has 3 rings (SSSR count). The van der Waals surface area contributed by atoms with Gasteiger partial charge in [-0.15, -0.1) is 11.3 Å². The third kappa shape index (κ3) is 1.91. The number of hydrogen-bond donors (Lipinski definition) is 1. The van der Waals surface area contributed by atoms with Crippen LogP contribution in [0.2, 0.25) is 0 Å². The summed E-state index contributed by atoms with van der Waals surface area (Å²) in [5.74, 6) is 0. The lowest BCUT2D eigenvalue weighted by atomic mass is 10.3. The Kier molecular flexibility index (Phi) is 2.64. The molecule has 0 fully saturated rings. The molecule has 2 N–H and O–H groups in total. The summed E-state index contributed by atoms with van der Waals surface area (Å²) in [4.78, 5) is 11.6. The Hall–Kier alpha value is -2.08. The van der Waals surface area contributed by atoms with Crippen LogP contribution in [0.15, 0.2) is 36.2 Å². The van der Waals surface area contributed by atoms with Crippen molar-refractivity contribution >= 4 is 27.7 Å². The average molecular weight is 259 g/mol. The molecule has 92 valence electrons. The molecule has 0 aliphatic rings. The quantitative estimate of drug-likeness (QED) is 0.781. The summed E-state index contributed by atoms with van der Waals surface area (Å²) in [6.07, 6.45) is 7.46. The van der Waals surface area contributed by atoms with E-state index in [1.54, 1.807) is 23.7 Å². The van der Waals surface area contributed by atoms with E-state index in [1.165, 1.54) is 0 Å². The summed E-state index contributed by atoms with van der Waals surface area (Å²) < 4.78 is 2.03. The van der Waals surface area contributed by atoms with E-state index in [0.717, 1.165) is 22.9 Å². The summed E-state index contributed by atoms with van der Waals surface area (Å²) in [7, 11) is 2.00. The number of aromatic nitrogens is 3. The van der Waals surface area contributed by atoms with Gasteiger partial charge in [0.15, 0.2) is 4.96 Å². The predicted octanol–water partition coefficient (Wildman–Crippen LogP) is 2.01. The van der Waals surface area contributed by atoms with E-state index < -0.39 is 0 Å². The van der Waals surface area contributed by atoms with Gasteiger partial charge < -0.3 is 10.6 Å². The third-order valence-electron chi connectivity index (χ3n) is 2.78. The molecule has 0 atom stereocenters. The second-order valence-corrected chi connectivity index (χ2v) is 4.99. The minimum absolute atomic E-state index is 0.682. The van der Waals surface area contributed by atoms with Gasteiger partial charge in [0.2, 0.25) is 0 Å². The maximum absolute atomic E-state index is 5.90. The van der Waals surface area contributed by atoms with E-state index in [9.17, 15) is 0 Å². The number of imidazole rings is 1. The molecule has 0 saturated heterocycles. The molecule has 3 aromatic heterocycles. The average Bonchev–Trinajstić information content (AvgIpc) is 2.90. The first-order valence-electron chi connectivity index (χ1n) is 5.56. The fraction of sp³-hybridized carbons (Fsp3) is 0.167. The maximum Gasteiger partial charge on any atom is 0.193 e. The molecule has 0 saturated carbocycles. The lowest BCUT2D eigenvalue weighted by Crippen LogP contribution is -2.18. The van der Waals surface area contributed by atoms with Gasteiger partial charge in [-0.1, -0.05) is 0 Å². The zero-order chi connectivity index (χ0) is 12.5. The highest BCUT2D eigenvalue weighted by Crippen LogP contribution is 2.22. The van der Waals surface area contributed by atoms with Gasteiger partial charge in [0.05, 0.1) is 29.8 Å². The van der Waals surface area contributed by atoms with Crippen molar-refractivity contribution in [2.75, 3.05) is 17.7 Å². The number of nitrogens with zero attached hydrogens (tertiary/aromatic N) is 4. The summed E-state index contributed by atoms with van der Waals surface area (Å²) >= 11 is 1.63. The van der Waals surface area contributed by atoms with Gasteiger partial charge >= 0.3 is 0 Å². The minimum atomic E-state index is 0.682. The van der Waals surface area contributed by atoms with Crippen LogP contribution in [0, 0.1) is 0 Å². The minimum Gasteiger partial charge on any atom is -0.396 e. The Balaban J connectivity index is 1.84. The van der Waals surface area contributed by atoms with E-state index in [4.69, 9.17) is 5.73 Å². The van der Waals surface area contributed by atoms with Crippen LogP contribution < -0.4 is 10.6 Å². The zero-order valence-electron chi connectivity index (χ0n) is 9.95. The van der Waals surface area contributed by atoms with Crippen LogP contribution in [-0.4, -0.2) is 21.4 Å². The third-order valence-corrected chi connectivity index (χ3v) is 3.55. The lowest BCUT2D eigenvalue weighted by Gasteiger charge is -2.19. The Morgan fingerprint density at radius 3 is 3.17 bits per heavy atom. The van der Waals surface area contributed by atoms with Crippen LogP contribution in [0.25, 0.3) is 4.96 Å². The number of pyridine rings is 1. The van der Waals surface area contributed by atoms with Gasteiger partial charge in [-0.25, -0.2) is 4.98 Å². The van der Waals surface area contributed by atoms with E-state index in [-0.39, 0.29) is 0 Å². The Labute approximate surface area is 109 Å². The standard InChI is InChI=1S/C12H13N5S/c1-16(11-2-3-14-6-10(11)13)7-9-8-17-4-5-18-12(17)15-9/h2-6,8H,7,13H2,1H3. The Bertz CT molecular complexity index is 643. The van der Waals surface area contributed by atoms with Crippen molar-refractivity contribution in [3.05, 3.63) is 41.9 Å². The molecule has 5 nitrogen and oxygen atoms in total. The number of fused-ring (bicyclic) bond motifs is 1. The molecule has 0 radical (unpaired) electrons. The highest BCUT2D eigenvalue weighted by atomic mass is 32.1. The molecule has 18 heavy (non-hydrogen) atoms. The predicted molar refractivity (Wildman–Crippen MR) is 73.8 cm³/mol. The van der Waals surface area contributed by atoms with Gasteiger partial charge in [0, 0.05) is 31.0 Å². The number of rotatable bonds is 3. The second-order valence-electron chi connectivity index (χ2n) is 4.12. The van der Waals surface area contributed by atoms with Crippen LogP contribution in [0.4, 0.5) is 11.4 Å². The summed E-state index contributed by atoms with van der Waals surface area (Å²) in [6, 6.07) is 1.91. The highest BCUT2D eigenvalue weighted by Gasteiger charge is 2.08. The van der Waals surface area contributed by atoms with Crippen LogP contribution in [0.5, 0.6) is 0 Å². The molecule has 3 aromatic rings. The van der Waals surface area contributed by atoms with Gasteiger partial charge in [0.1, 0.15) is 0 Å². The molecule has 0 spiro atoms. The number of hydrogen-bond acceptors (Lipinski definition) is 5. The number of nitrogens with two attached hydrogens (primary N) is 1. The molecule has 0 unspecified atom stereocenters. The fourth-order valence-corrected chi connectivity index (χ4v) is 2.65. The maximum atomic E-state index is 5.90. The Morgan fingerprint density at radius 1 is 1.50 bits per heavy atom. The van der Waals surface area contributed by atoms with Crippen LogP contribution >= 0.6 is 11.3 Å². The number of thiazole rings is 1. The van der Waals surface area contributed by atoms with E-state index in [0.29, 0.717) is 5.69 Å². The highest BCUT2D eigenvalue weighted by molar-refractivity contribution is 7.15. The molecule has 0 bridgehead atoms. The Morgan fingerprint density at radius 2 is 2.39 bits per heavy atom. The van der Waals surface area contributed by atoms with E-state index in [2.05, 4.69) is 14.9 Å². The van der Waals surface area contributed by atoms with Crippen LogP contribution in [0.3, 0.4) is 0 Å². The van der Waals surface area contributed by atoms with Gasteiger partial charge in [0.25, 0.3) is 0 Å². The molecule has 6 heteroatoms. The van der Waals surface area contributed by atoms with Crippen LogP contribution in [-0.2, 0) is 6.54 Å². The molecular weight excluding hydrogens is 246 g/mol. The van der Waals surface area contributed by atoms with Crippen molar-refractivity contribution in [1.82, 2.24) is 14.4 Å². The summed E-state index contributed by atoms with van der Waals surface area (Å²) in [6.45, 7) is 0.725. The lowest BCUT2D eigenvalue weighted by molar-refractivity contribution is 0.896. The zero-order valence-corrected chi connectivity index (χ0v) is 10.8. The molecule has 0 aromatic carbocycles. The van der Waals surface area contributed by atoms with Gasteiger partial charge in [-0.3, -0.25) is 9.38 Å². The van der Waals surface area contributed by atoms with Crippen molar-refractivity contribution in [2.24, 2.45) is 0 Å². The first kappa shape index (κ1) is 11.0. The first-order valence-corrected chi connectivity index (χ1v) is 6.44. The molecule has 3 heterocycles. The topological polar surface area (TPSA) is 59.5 Å². The largest absolute Gasteiger partial charge is 0.396 e. The SMILES string of the molecule is CN(Cc1cn2ccsc2n1)c1ccncc1N. The van der Waals surface area contributed by atoms with Gasteiger partial charge in [-0.2, -0.15) is 0 Å². The van der Waals surface area contributed by atoms with E-state index in [1.807, 2.05) is 35.3 Å². The first-order chi connectivity index (χ1) is 8.74. The van der Waals surface area contributed by atoms with Crippen molar-refractivity contribution in [3.63, 3.8) is 0 Å². The smallest absolute Gasteiger partial charge is 0.193 e.